The van der Waals surface area contributed by atoms with Crippen molar-refractivity contribution in [2.75, 3.05) is 25.0 Å². The van der Waals surface area contributed by atoms with Crippen LogP contribution in [0, 0.1) is 11.7 Å². The number of benzene rings is 1. The maximum absolute atomic E-state index is 13.4. The van der Waals surface area contributed by atoms with E-state index in [0.717, 1.165) is 0 Å². The van der Waals surface area contributed by atoms with Crippen LogP contribution in [-0.2, 0) is 9.59 Å². The number of halogens is 1. The zero-order valence-electron chi connectivity index (χ0n) is 12.4. The highest BCUT2D eigenvalue weighted by Crippen LogP contribution is 2.12. The van der Waals surface area contributed by atoms with E-state index in [4.69, 9.17) is 5.73 Å². The number of nitrogens with two attached hydrogens (primary N) is 1. The Morgan fingerprint density at radius 3 is 2.57 bits per heavy atom. The van der Waals surface area contributed by atoms with Crippen LogP contribution in [0.15, 0.2) is 24.3 Å². The molecule has 0 aliphatic heterocycles. The van der Waals surface area contributed by atoms with Crippen molar-refractivity contribution in [2.24, 2.45) is 11.7 Å². The first-order valence-corrected chi connectivity index (χ1v) is 6.93. The molecular weight excluding hydrogens is 273 g/mol. The van der Waals surface area contributed by atoms with Crippen molar-refractivity contribution in [1.29, 1.82) is 0 Å². The van der Waals surface area contributed by atoms with Crippen molar-refractivity contribution in [1.82, 2.24) is 4.90 Å². The number of anilines is 1. The van der Waals surface area contributed by atoms with E-state index in [0.29, 0.717) is 19.0 Å². The Morgan fingerprint density at radius 1 is 1.33 bits per heavy atom. The first-order chi connectivity index (χ1) is 9.88. The van der Waals surface area contributed by atoms with Gasteiger partial charge in [-0.2, -0.15) is 0 Å². The fourth-order valence-corrected chi connectivity index (χ4v) is 2.01. The molecule has 0 atom stereocenters. The van der Waals surface area contributed by atoms with Crippen LogP contribution < -0.4 is 11.1 Å². The van der Waals surface area contributed by atoms with Crippen molar-refractivity contribution < 1.29 is 14.0 Å². The molecule has 0 spiro atoms. The van der Waals surface area contributed by atoms with Crippen molar-refractivity contribution >= 4 is 17.5 Å². The minimum Gasteiger partial charge on any atom is -0.369 e. The molecule has 6 heteroatoms. The Kier molecular flexibility index (Phi) is 6.81. The van der Waals surface area contributed by atoms with Gasteiger partial charge in [-0.3, -0.25) is 14.5 Å². The quantitative estimate of drug-likeness (QED) is 0.765. The molecular formula is C15H22FN3O2. The van der Waals surface area contributed by atoms with E-state index in [2.05, 4.69) is 5.32 Å². The lowest BCUT2D eigenvalue weighted by Crippen LogP contribution is -2.38. The molecule has 116 valence electrons. The summed E-state index contributed by atoms with van der Waals surface area (Å²) in [6.45, 7) is 5.24. The highest BCUT2D eigenvalue weighted by molar-refractivity contribution is 5.90. The van der Waals surface area contributed by atoms with Gasteiger partial charge in [-0.05, 0) is 18.1 Å². The molecule has 1 rings (SSSR count). The second kappa shape index (κ2) is 8.36. The molecule has 0 fully saturated rings. The van der Waals surface area contributed by atoms with Gasteiger partial charge in [-0.25, -0.2) is 4.39 Å². The molecule has 0 unspecified atom stereocenters. The van der Waals surface area contributed by atoms with Crippen LogP contribution in [0.2, 0.25) is 0 Å². The van der Waals surface area contributed by atoms with Gasteiger partial charge in [0.1, 0.15) is 5.82 Å². The number of carbonyl (C=O) groups is 2. The number of nitrogens with zero attached hydrogens (tertiary/aromatic N) is 1. The van der Waals surface area contributed by atoms with E-state index in [-0.39, 0.29) is 24.6 Å². The van der Waals surface area contributed by atoms with Crippen LogP contribution in [0.25, 0.3) is 0 Å². The standard InChI is InChI=1S/C15H22FN3O2/c1-11(2)9-19(10-14(17)20)8-7-15(21)18-13-6-4-3-5-12(13)16/h3-6,11H,7-10H2,1-2H3,(H2,17,20)(H,18,21). The monoisotopic (exact) mass is 295 g/mol. The first-order valence-electron chi connectivity index (χ1n) is 6.93. The SMILES string of the molecule is CC(C)CN(CCC(=O)Nc1ccccc1F)CC(N)=O. The number of rotatable bonds is 8. The number of amides is 2. The van der Waals surface area contributed by atoms with E-state index in [1.54, 1.807) is 12.1 Å². The van der Waals surface area contributed by atoms with E-state index in [1.165, 1.54) is 12.1 Å². The van der Waals surface area contributed by atoms with Crippen molar-refractivity contribution in [2.45, 2.75) is 20.3 Å². The summed E-state index contributed by atoms with van der Waals surface area (Å²) in [5.41, 5.74) is 5.35. The third kappa shape index (κ3) is 6.85. The number of carbonyl (C=O) groups excluding carboxylic acids is 2. The molecule has 0 aliphatic carbocycles. The second-order valence-corrected chi connectivity index (χ2v) is 5.37. The van der Waals surface area contributed by atoms with Crippen LogP contribution in [0.3, 0.4) is 0 Å². The van der Waals surface area contributed by atoms with Crippen LogP contribution in [0.5, 0.6) is 0 Å². The summed E-state index contributed by atoms with van der Waals surface area (Å²) in [6.07, 6.45) is 0.175. The van der Waals surface area contributed by atoms with E-state index >= 15 is 0 Å². The Labute approximate surface area is 124 Å². The highest BCUT2D eigenvalue weighted by atomic mass is 19.1. The van der Waals surface area contributed by atoms with Crippen molar-refractivity contribution in [3.8, 4) is 0 Å². The summed E-state index contributed by atoms with van der Waals surface area (Å²) in [5, 5.41) is 2.52. The molecule has 0 aliphatic rings. The highest BCUT2D eigenvalue weighted by Gasteiger charge is 2.13. The fraction of sp³-hybridized carbons (Fsp3) is 0.467. The molecule has 0 saturated heterocycles. The molecule has 3 N–H and O–H groups in total. The summed E-state index contributed by atoms with van der Waals surface area (Å²) in [7, 11) is 0. The van der Waals surface area contributed by atoms with Gasteiger partial charge >= 0.3 is 0 Å². The first kappa shape index (κ1) is 17.1. The Bertz CT molecular complexity index is 492. The minimum absolute atomic E-state index is 0.116. The van der Waals surface area contributed by atoms with Gasteiger partial charge in [0.05, 0.1) is 12.2 Å². The lowest BCUT2D eigenvalue weighted by Gasteiger charge is -2.22. The lowest BCUT2D eigenvalue weighted by molar-refractivity contribution is -0.120. The fourth-order valence-electron chi connectivity index (χ4n) is 2.01. The topological polar surface area (TPSA) is 75.4 Å². The summed E-state index contributed by atoms with van der Waals surface area (Å²) in [6, 6.07) is 6.00. The molecule has 5 nitrogen and oxygen atoms in total. The Hall–Kier alpha value is -1.95. The lowest BCUT2D eigenvalue weighted by atomic mass is 10.2. The van der Waals surface area contributed by atoms with Gasteiger partial charge in [0.2, 0.25) is 11.8 Å². The summed E-state index contributed by atoms with van der Waals surface area (Å²) in [4.78, 5) is 24.6. The number of para-hydroxylation sites is 1. The summed E-state index contributed by atoms with van der Waals surface area (Å²) >= 11 is 0. The van der Waals surface area contributed by atoms with Gasteiger partial charge < -0.3 is 11.1 Å². The maximum atomic E-state index is 13.4. The average Bonchev–Trinajstić information content (AvgIpc) is 2.37. The number of primary amides is 1. The molecule has 21 heavy (non-hydrogen) atoms. The normalized spacial score (nSPS) is 10.9. The van der Waals surface area contributed by atoms with Gasteiger partial charge in [-0.15, -0.1) is 0 Å². The molecule has 1 aromatic carbocycles. The Balaban J connectivity index is 2.49. The number of hydrogen-bond donors (Lipinski definition) is 2. The largest absolute Gasteiger partial charge is 0.369 e. The van der Waals surface area contributed by atoms with Gasteiger partial charge in [0, 0.05) is 19.5 Å². The van der Waals surface area contributed by atoms with Crippen LogP contribution in [0.4, 0.5) is 10.1 Å². The predicted octanol–water partition coefficient (Wildman–Crippen LogP) is 1.60. The molecule has 0 radical (unpaired) electrons. The molecule has 2 amide bonds. The molecule has 0 aromatic heterocycles. The average molecular weight is 295 g/mol. The Morgan fingerprint density at radius 2 is 2.00 bits per heavy atom. The number of nitrogens with one attached hydrogen (secondary N) is 1. The summed E-state index contributed by atoms with van der Waals surface area (Å²) in [5.74, 6) is -0.829. The van der Waals surface area contributed by atoms with E-state index in [1.807, 2.05) is 18.7 Å². The third-order valence-electron chi connectivity index (χ3n) is 2.81. The zero-order valence-corrected chi connectivity index (χ0v) is 12.4. The maximum Gasteiger partial charge on any atom is 0.231 e. The van der Waals surface area contributed by atoms with Crippen LogP contribution >= 0.6 is 0 Å². The molecule has 0 saturated carbocycles. The zero-order chi connectivity index (χ0) is 15.8. The smallest absolute Gasteiger partial charge is 0.231 e. The summed E-state index contributed by atoms with van der Waals surface area (Å²) < 4.78 is 13.4. The van der Waals surface area contributed by atoms with Gasteiger partial charge in [0.15, 0.2) is 0 Å². The molecule has 1 aromatic rings. The number of hydrogen-bond acceptors (Lipinski definition) is 3. The third-order valence-corrected chi connectivity index (χ3v) is 2.81. The predicted molar refractivity (Wildman–Crippen MR) is 80.1 cm³/mol. The van der Waals surface area contributed by atoms with Crippen molar-refractivity contribution in [3.63, 3.8) is 0 Å². The van der Waals surface area contributed by atoms with Gasteiger partial charge in [-0.1, -0.05) is 26.0 Å². The minimum atomic E-state index is -0.470. The van der Waals surface area contributed by atoms with Crippen LogP contribution in [0.1, 0.15) is 20.3 Å². The van der Waals surface area contributed by atoms with E-state index < -0.39 is 11.7 Å². The van der Waals surface area contributed by atoms with Crippen molar-refractivity contribution in [3.05, 3.63) is 30.1 Å². The van der Waals surface area contributed by atoms with Crippen LogP contribution in [-0.4, -0.2) is 36.3 Å². The van der Waals surface area contributed by atoms with Gasteiger partial charge in [0.25, 0.3) is 0 Å². The van der Waals surface area contributed by atoms with E-state index in [9.17, 15) is 14.0 Å². The molecule has 0 heterocycles. The molecule has 0 bridgehead atoms. The second-order valence-electron chi connectivity index (χ2n) is 5.37.